The van der Waals surface area contributed by atoms with Gasteiger partial charge in [0.15, 0.2) is 0 Å². The molecule has 0 bridgehead atoms. The van der Waals surface area contributed by atoms with Crippen molar-refractivity contribution in [1.29, 1.82) is 0 Å². The molecule has 0 amide bonds. The largest absolute Gasteiger partial charge is 0.412 e. The van der Waals surface area contributed by atoms with Crippen molar-refractivity contribution in [3.8, 4) is 0 Å². The molecule has 0 heterocycles. The van der Waals surface area contributed by atoms with Gasteiger partial charge in [0, 0.05) is 7.11 Å². The molecule has 6 heavy (non-hydrogen) atoms. The number of hydrogen-bond donors (Lipinski definition) is 2. The van der Waals surface area contributed by atoms with E-state index in [2.05, 4.69) is 4.52 Å². The molecular formula is CH7O4P. The summed E-state index contributed by atoms with van der Waals surface area (Å²) in [6, 6.07) is 0. The lowest BCUT2D eigenvalue weighted by atomic mass is 11.8. The highest BCUT2D eigenvalue weighted by Gasteiger charge is 1.86. The predicted octanol–water partition coefficient (Wildman–Crippen LogP) is -0.980. The van der Waals surface area contributed by atoms with E-state index in [1.807, 2.05) is 0 Å². The standard InChI is InChI=1S/CH5O3P.H2O/c1-4-5(2)3;/h2-3H,1H3;1H2. The summed E-state index contributed by atoms with van der Waals surface area (Å²) in [6.45, 7) is 0. The molecule has 4 N–H and O–H groups in total. The fourth-order valence-electron chi connectivity index (χ4n) is 0. The van der Waals surface area contributed by atoms with Gasteiger partial charge in [-0.05, 0) is 0 Å². The predicted molar refractivity (Wildman–Crippen MR) is 22.0 cm³/mol. The Balaban J connectivity index is 0. The normalized spacial score (nSPS) is 8.00. The minimum Gasteiger partial charge on any atom is -0.412 e. The molecule has 0 aromatic heterocycles. The minimum atomic E-state index is -2.10. The van der Waals surface area contributed by atoms with Gasteiger partial charge in [-0.15, -0.1) is 0 Å². The average Bonchev–Trinajstić information content (AvgIpc) is 1.38. The first kappa shape index (κ1) is 9.55. The van der Waals surface area contributed by atoms with Crippen LogP contribution in [0.5, 0.6) is 0 Å². The average molecular weight is 114 g/mol. The Kier molecular flexibility index (Phi) is 8.39. The van der Waals surface area contributed by atoms with Crippen molar-refractivity contribution in [2.75, 3.05) is 7.11 Å². The summed E-state index contributed by atoms with van der Waals surface area (Å²) in [6.07, 6.45) is 0. The Morgan fingerprint density at radius 3 is 1.67 bits per heavy atom. The maximum absolute atomic E-state index is 7.76. The van der Waals surface area contributed by atoms with Crippen LogP contribution in [0.3, 0.4) is 0 Å². The van der Waals surface area contributed by atoms with Crippen molar-refractivity contribution in [3.63, 3.8) is 0 Å². The summed E-state index contributed by atoms with van der Waals surface area (Å²) in [7, 11) is -0.870. The highest BCUT2D eigenvalue weighted by molar-refractivity contribution is 7.39. The fraction of sp³-hybridized carbons (Fsp3) is 1.00. The molecule has 0 aromatic rings. The molecule has 0 atom stereocenters. The molecule has 0 aromatic carbocycles. The summed E-state index contributed by atoms with van der Waals surface area (Å²) >= 11 is 0. The molecule has 0 spiro atoms. The van der Waals surface area contributed by atoms with Crippen molar-refractivity contribution in [2.45, 2.75) is 0 Å². The van der Waals surface area contributed by atoms with Crippen LogP contribution in [0.2, 0.25) is 0 Å². The highest BCUT2D eigenvalue weighted by Crippen LogP contribution is 2.20. The summed E-state index contributed by atoms with van der Waals surface area (Å²) in [4.78, 5) is 15.5. The molecular weight excluding hydrogens is 107 g/mol. The van der Waals surface area contributed by atoms with Gasteiger partial charge in [-0.1, -0.05) is 0 Å². The van der Waals surface area contributed by atoms with E-state index in [4.69, 9.17) is 9.79 Å². The number of rotatable bonds is 1. The van der Waals surface area contributed by atoms with E-state index in [0.717, 1.165) is 0 Å². The lowest BCUT2D eigenvalue weighted by Gasteiger charge is -1.89. The van der Waals surface area contributed by atoms with Crippen molar-refractivity contribution >= 4 is 8.60 Å². The van der Waals surface area contributed by atoms with Gasteiger partial charge in [-0.2, -0.15) is 0 Å². The van der Waals surface area contributed by atoms with Gasteiger partial charge in [-0.25, -0.2) is 0 Å². The van der Waals surface area contributed by atoms with E-state index in [1.54, 1.807) is 0 Å². The molecule has 0 fully saturated rings. The first-order chi connectivity index (χ1) is 2.27. The first-order valence-electron chi connectivity index (χ1n) is 0.991. The molecule has 0 radical (unpaired) electrons. The Morgan fingerprint density at radius 2 is 1.67 bits per heavy atom. The highest BCUT2D eigenvalue weighted by atomic mass is 31.2. The topological polar surface area (TPSA) is 81.2 Å². The Labute approximate surface area is 36.7 Å². The minimum absolute atomic E-state index is 0. The van der Waals surface area contributed by atoms with Gasteiger partial charge in [0.2, 0.25) is 0 Å². The molecule has 0 aliphatic heterocycles. The Hall–Kier alpha value is 0.270. The van der Waals surface area contributed by atoms with E-state index in [9.17, 15) is 0 Å². The fourth-order valence-corrected chi connectivity index (χ4v) is 0. The lowest BCUT2D eigenvalue weighted by molar-refractivity contribution is 0.310. The van der Waals surface area contributed by atoms with Crippen molar-refractivity contribution < 1.29 is 19.8 Å². The molecule has 0 saturated heterocycles. The molecule has 4 nitrogen and oxygen atoms in total. The zero-order valence-electron chi connectivity index (χ0n) is 3.25. The van der Waals surface area contributed by atoms with Crippen LogP contribution in [0.4, 0.5) is 0 Å². The third-order valence-corrected chi connectivity index (χ3v) is 0.490. The van der Waals surface area contributed by atoms with E-state index >= 15 is 0 Å². The SMILES string of the molecule is COP(O)O.O. The second-order valence-electron chi connectivity index (χ2n) is 0.435. The van der Waals surface area contributed by atoms with Gasteiger partial charge in [-0.3, -0.25) is 0 Å². The number of hydrogen-bond acceptors (Lipinski definition) is 3. The van der Waals surface area contributed by atoms with E-state index in [-0.39, 0.29) is 5.48 Å². The zero-order valence-corrected chi connectivity index (χ0v) is 4.14. The first-order valence-corrected chi connectivity index (χ1v) is 2.16. The molecule has 0 unspecified atom stereocenters. The van der Waals surface area contributed by atoms with E-state index in [1.165, 1.54) is 7.11 Å². The molecule has 0 aliphatic carbocycles. The van der Waals surface area contributed by atoms with Gasteiger partial charge < -0.3 is 19.8 Å². The van der Waals surface area contributed by atoms with Crippen LogP contribution in [-0.2, 0) is 4.52 Å². The van der Waals surface area contributed by atoms with Gasteiger partial charge in [0.1, 0.15) is 0 Å². The smallest absolute Gasteiger partial charge is 0.326 e. The summed E-state index contributed by atoms with van der Waals surface area (Å²) in [5.74, 6) is 0. The van der Waals surface area contributed by atoms with Crippen molar-refractivity contribution in [3.05, 3.63) is 0 Å². The second-order valence-corrected chi connectivity index (χ2v) is 1.31. The van der Waals surface area contributed by atoms with Crippen LogP contribution < -0.4 is 0 Å². The third kappa shape index (κ3) is 8.86. The van der Waals surface area contributed by atoms with Gasteiger partial charge in [0.05, 0.1) is 0 Å². The molecule has 0 aliphatic rings. The van der Waals surface area contributed by atoms with Crippen LogP contribution in [0.1, 0.15) is 0 Å². The van der Waals surface area contributed by atoms with Crippen LogP contribution in [0, 0.1) is 0 Å². The van der Waals surface area contributed by atoms with E-state index in [0.29, 0.717) is 0 Å². The Morgan fingerprint density at radius 1 is 1.50 bits per heavy atom. The van der Waals surface area contributed by atoms with Crippen LogP contribution in [0.25, 0.3) is 0 Å². The maximum atomic E-state index is 7.76. The molecule has 5 heteroatoms. The van der Waals surface area contributed by atoms with Crippen LogP contribution >= 0.6 is 8.60 Å². The molecule has 0 rings (SSSR count). The summed E-state index contributed by atoms with van der Waals surface area (Å²) in [5, 5.41) is 0. The van der Waals surface area contributed by atoms with Gasteiger partial charge >= 0.3 is 8.60 Å². The van der Waals surface area contributed by atoms with Gasteiger partial charge in [0.25, 0.3) is 0 Å². The molecule has 0 saturated carbocycles. The molecule has 40 valence electrons. The summed E-state index contributed by atoms with van der Waals surface area (Å²) in [5.41, 5.74) is 0. The van der Waals surface area contributed by atoms with Crippen LogP contribution in [-0.4, -0.2) is 22.4 Å². The second kappa shape index (κ2) is 5.27. The third-order valence-electron chi connectivity index (χ3n) is 0.163. The quantitative estimate of drug-likeness (QED) is 0.430. The zero-order chi connectivity index (χ0) is 4.28. The lowest BCUT2D eigenvalue weighted by Crippen LogP contribution is -1.67. The summed E-state index contributed by atoms with van der Waals surface area (Å²) < 4.78 is 3.93. The monoisotopic (exact) mass is 114 g/mol. The van der Waals surface area contributed by atoms with Crippen molar-refractivity contribution in [2.24, 2.45) is 0 Å². The van der Waals surface area contributed by atoms with E-state index < -0.39 is 8.60 Å². The van der Waals surface area contributed by atoms with Crippen LogP contribution in [0.15, 0.2) is 0 Å². The Bertz CT molecular complexity index is 21.5. The van der Waals surface area contributed by atoms with Crippen molar-refractivity contribution in [1.82, 2.24) is 0 Å². The maximum Gasteiger partial charge on any atom is 0.326 e.